The minimum atomic E-state index is -0.703. The van der Waals surface area contributed by atoms with Gasteiger partial charge in [-0.25, -0.2) is 0 Å². The van der Waals surface area contributed by atoms with Gasteiger partial charge in [-0.3, -0.25) is 4.79 Å². The van der Waals surface area contributed by atoms with E-state index in [-0.39, 0.29) is 5.91 Å². The Bertz CT molecular complexity index is 262. The number of nitrogens with one attached hydrogen (secondary N) is 1. The van der Waals surface area contributed by atoms with E-state index in [0.29, 0.717) is 12.5 Å². The predicted molar refractivity (Wildman–Crippen MR) is 68.6 cm³/mol. The van der Waals surface area contributed by atoms with Crippen molar-refractivity contribution in [3.63, 3.8) is 0 Å². The molecular weight excluding hydrogens is 270 g/mol. The lowest BCUT2D eigenvalue weighted by molar-refractivity contribution is -0.124. The maximum atomic E-state index is 11.7. The molecule has 3 nitrogen and oxygen atoms in total. The van der Waals surface area contributed by atoms with Crippen molar-refractivity contribution in [2.24, 2.45) is 5.92 Å². The van der Waals surface area contributed by atoms with Crippen LogP contribution in [0.15, 0.2) is 0 Å². The molecule has 0 aromatic heterocycles. The number of hydrogen-bond donors (Lipinski definition) is 2. The first-order valence-corrected chi connectivity index (χ1v) is 6.72. The Kier molecular flexibility index (Phi) is 4.41. The zero-order valence-electron chi connectivity index (χ0n) is 10.3. The van der Waals surface area contributed by atoms with E-state index in [4.69, 9.17) is 0 Å². The Hall–Kier alpha value is -0.0900. The van der Waals surface area contributed by atoms with Gasteiger partial charge in [0, 0.05) is 6.54 Å². The fourth-order valence-corrected chi connectivity index (χ4v) is 2.39. The summed E-state index contributed by atoms with van der Waals surface area (Å²) >= 11 is 3.30. The first-order chi connectivity index (χ1) is 7.23. The number of carbonyl (C=O) groups excluding carboxylic acids is 1. The number of rotatable bonds is 3. The van der Waals surface area contributed by atoms with Gasteiger partial charge in [0.1, 0.15) is 0 Å². The average molecular weight is 292 g/mol. The first-order valence-electron chi connectivity index (χ1n) is 5.92. The maximum absolute atomic E-state index is 11.7. The smallest absolute Gasteiger partial charge is 0.236 e. The molecule has 0 saturated heterocycles. The fraction of sp³-hybridized carbons (Fsp3) is 0.917. The summed E-state index contributed by atoms with van der Waals surface area (Å²) < 4.78 is -0.566. The normalized spacial score (nSPS) is 31.2. The molecule has 0 spiro atoms. The zero-order chi connectivity index (χ0) is 12.4. The van der Waals surface area contributed by atoms with Gasteiger partial charge < -0.3 is 10.4 Å². The number of hydrogen-bond acceptors (Lipinski definition) is 2. The highest BCUT2D eigenvalue weighted by Crippen LogP contribution is 2.31. The first kappa shape index (κ1) is 14.0. The third-order valence-electron chi connectivity index (χ3n) is 3.19. The quantitative estimate of drug-likeness (QED) is 0.784. The van der Waals surface area contributed by atoms with Crippen molar-refractivity contribution in [3.05, 3.63) is 0 Å². The number of carbonyl (C=O) groups is 1. The predicted octanol–water partition coefficient (Wildman–Crippen LogP) is 2.22. The second-order valence-electron chi connectivity index (χ2n) is 5.58. The molecule has 0 bridgehead atoms. The van der Waals surface area contributed by atoms with Gasteiger partial charge in [0.2, 0.25) is 5.91 Å². The molecule has 2 N–H and O–H groups in total. The Morgan fingerprint density at radius 1 is 1.62 bits per heavy atom. The van der Waals surface area contributed by atoms with Crippen LogP contribution >= 0.6 is 15.9 Å². The van der Waals surface area contributed by atoms with Gasteiger partial charge >= 0.3 is 0 Å². The molecule has 1 aliphatic rings. The maximum Gasteiger partial charge on any atom is 0.236 e. The number of aliphatic hydroxyl groups is 1. The van der Waals surface area contributed by atoms with E-state index in [9.17, 15) is 9.90 Å². The molecule has 0 aromatic rings. The summed E-state index contributed by atoms with van der Waals surface area (Å²) in [4.78, 5) is 11.7. The third-order valence-corrected chi connectivity index (χ3v) is 3.55. The molecule has 1 saturated carbocycles. The molecule has 1 fully saturated rings. The van der Waals surface area contributed by atoms with Crippen molar-refractivity contribution in [3.8, 4) is 0 Å². The van der Waals surface area contributed by atoms with Crippen LogP contribution in [0.2, 0.25) is 0 Å². The molecule has 0 aromatic carbocycles. The van der Waals surface area contributed by atoms with Crippen molar-refractivity contribution in [2.75, 3.05) is 6.54 Å². The monoisotopic (exact) mass is 291 g/mol. The molecule has 1 aliphatic carbocycles. The SMILES string of the molecule is CC1CCCC(O)(CNC(=O)C(C)(C)Br)C1. The molecule has 2 unspecified atom stereocenters. The molecule has 1 rings (SSSR count). The standard InChI is InChI=1S/C12H22BrNO2/c1-9-5-4-6-12(16,7-9)8-14-10(15)11(2,3)13/h9,16H,4-8H2,1-3H3,(H,14,15). The summed E-state index contributed by atoms with van der Waals surface area (Å²) in [6.07, 6.45) is 3.81. The minimum Gasteiger partial charge on any atom is -0.388 e. The van der Waals surface area contributed by atoms with Crippen molar-refractivity contribution in [2.45, 2.75) is 56.4 Å². The summed E-state index contributed by atoms with van der Waals surface area (Å²) in [5.41, 5.74) is -0.703. The Morgan fingerprint density at radius 2 is 2.25 bits per heavy atom. The van der Waals surface area contributed by atoms with Crippen LogP contribution in [0, 0.1) is 5.92 Å². The number of halogens is 1. The second-order valence-corrected chi connectivity index (χ2v) is 7.56. The van der Waals surface area contributed by atoms with Crippen molar-refractivity contribution >= 4 is 21.8 Å². The molecule has 4 heteroatoms. The molecule has 94 valence electrons. The van der Waals surface area contributed by atoms with Crippen LogP contribution in [-0.4, -0.2) is 27.5 Å². The van der Waals surface area contributed by atoms with E-state index in [1.807, 2.05) is 0 Å². The molecule has 0 aliphatic heterocycles. The van der Waals surface area contributed by atoms with Crippen molar-refractivity contribution in [1.29, 1.82) is 0 Å². The van der Waals surface area contributed by atoms with E-state index in [0.717, 1.165) is 19.3 Å². The van der Waals surface area contributed by atoms with E-state index in [1.54, 1.807) is 13.8 Å². The van der Waals surface area contributed by atoms with Crippen LogP contribution in [-0.2, 0) is 4.79 Å². The fourth-order valence-electron chi connectivity index (χ4n) is 2.25. The van der Waals surface area contributed by atoms with Crippen molar-refractivity contribution in [1.82, 2.24) is 5.32 Å². The lowest BCUT2D eigenvalue weighted by Gasteiger charge is -2.36. The Balaban J connectivity index is 2.45. The van der Waals surface area contributed by atoms with Gasteiger partial charge in [0.25, 0.3) is 0 Å². The topological polar surface area (TPSA) is 49.3 Å². The summed E-state index contributed by atoms with van der Waals surface area (Å²) in [6, 6.07) is 0. The van der Waals surface area contributed by atoms with Gasteiger partial charge in [-0.1, -0.05) is 35.7 Å². The van der Waals surface area contributed by atoms with Gasteiger partial charge in [-0.15, -0.1) is 0 Å². The average Bonchev–Trinajstić information content (AvgIpc) is 2.12. The van der Waals surface area contributed by atoms with E-state index >= 15 is 0 Å². The highest BCUT2D eigenvalue weighted by Gasteiger charge is 2.34. The van der Waals surface area contributed by atoms with E-state index in [1.165, 1.54) is 6.42 Å². The lowest BCUT2D eigenvalue weighted by atomic mass is 9.79. The molecule has 1 amide bonds. The third kappa shape index (κ3) is 4.06. The van der Waals surface area contributed by atoms with Crippen LogP contribution in [0.3, 0.4) is 0 Å². The van der Waals surface area contributed by atoms with Crippen molar-refractivity contribution < 1.29 is 9.90 Å². The highest BCUT2D eigenvalue weighted by atomic mass is 79.9. The Morgan fingerprint density at radius 3 is 2.75 bits per heavy atom. The molecule has 0 heterocycles. The molecule has 16 heavy (non-hydrogen) atoms. The summed E-state index contributed by atoms with van der Waals surface area (Å²) in [6.45, 7) is 6.12. The van der Waals surface area contributed by atoms with Gasteiger partial charge in [-0.2, -0.15) is 0 Å². The number of amides is 1. The molecular formula is C12H22BrNO2. The molecule has 0 radical (unpaired) electrons. The summed E-state index contributed by atoms with van der Waals surface area (Å²) in [7, 11) is 0. The van der Waals surface area contributed by atoms with Crippen LogP contribution in [0.5, 0.6) is 0 Å². The highest BCUT2D eigenvalue weighted by molar-refractivity contribution is 9.10. The zero-order valence-corrected chi connectivity index (χ0v) is 11.9. The van der Waals surface area contributed by atoms with E-state index < -0.39 is 9.93 Å². The summed E-state index contributed by atoms with van der Waals surface area (Å²) in [5.74, 6) is 0.479. The van der Waals surface area contributed by atoms with Crippen LogP contribution < -0.4 is 5.32 Å². The van der Waals surface area contributed by atoms with Crippen LogP contribution in [0.4, 0.5) is 0 Å². The van der Waals surface area contributed by atoms with Gasteiger partial charge in [-0.05, 0) is 32.6 Å². The lowest BCUT2D eigenvalue weighted by Crippen LogP contribution is -2.49. The largest absolute Gasteiger partial charge is 0.388 e. The second kappa shape index (κ2) is 5.05. The minimum absolute atomic E-state index is 0.0702. The van der Waals surface area contributed by atoms with Gasteiger partial charge in [0.05, 0.1) is 9.93 Å². The summed E-state index contributed by atoms with van der Waals surface area (Å²) in [5, 5.41) is 13.1. The molecule has 2 atom stereocenters. The van der Waals surface area contributed by atoms with Crippen LogP contribution in [0.1, 0.15) is 46.5 Å². The Labute approximate surface area is 106 Å². The van der Waals surface area contributed by atoms with Gasteiger partial charge in [0.15, 0.2) is 0 Å². The number of alkyl halides is 1. The van der Waals surface area contributed by atoms with E-state index in [2.05, 4.69) is 28.2 Å². The van der Waals surface area contributed by atoms with Crippen LogP contribution in [0.25, 0.3) is 0 Å².